The molecular weight excluding hydrogens is 274 g/mol. The fraction of sp³-hybridized carbons (Fsp3) is 0.867. The zero-order valence-electron chi connectivity index (χ0n) is 12.5. The van der Waals surface area contributed by atoms with Crippen molar-refractivity contribution in [2.24, 2.45) is 0 Å². The maximum absolute atomic E-state index is 11.6. The summed E-state index contributed by atoms with van der Waals surface area (Å²) in [6.07, 6.45) is 8.64. The summed E-state index contributed by atoms with van der Waals surface area (Å²) in [7, 11) is 0. The van der Waals surface area contributed by atoms with Gasteiger partial charge in [0.25, 0.3) is 0 Å². The van der Waals surface area contributed by atoms with Crippen molar-refractivity contribution < 1.29 is 14.7 Å². The molecule has 0 aromatic rings. The van der Waals surface area contributed by atoms with Crippen LogP contribution in [0.4, 0.5) is 0 Å². The largest absolute Gasteiger partial charge is 0.480 e. The molecule has 0 spiro atoms. The van der Waals surface area contributed by atoms with Crippen LogP contribution in [0.2, 0.25) is 0 Å². The van der Waals surface area contributed by atoms with Crippen LogP contribution in [0.15, 0.2) is 0 Å². The normalized spacial score (nSPS) is 18.8. The van der Waals surface area contributed by atoms with E-state index in [1.54, 1.807) is 0 Å². The van der Waals surface area contributed by atoms with E-state index in [0.29, 0.717) is 19.4 Å². The highest BCUT2D eigenvalue weighted by atomic mass is 32.2. The van der Waals surface area contributed by atoms with Crippen LogP contribution in [0.5, 0.6) is 0 Å². The van der Waals surface area contributed by atoms with Crippen LogP contribution in [0.25, 0.3) is 0 Å². The van der Waals surface area contributed by atoms with Crippen molar-refractivity contribution >= 4 is 23.6 Å². The van der Waals surface area contributed by atoms with Gasteiger partial charge in [0.05, 0.1) is 0 Å². The topological polar surface area (TPSA) is 57.6 Å². The van der Waals surface area contributed by atoms with Gasteiger partial charge in [0.2, 0.25) is 5.91 Å². The summed E-state index contributed by atoms with van der Waals surface area (Å²) in [6, 6.07) is -0.586. The Hall–Kier alpha value is -0.710. The quantitative estimate of drug-likeness (QED) is 0.596. The van der Waals surface area contributed by atoms with E-state index in [0.717, 1.165) is 11.5 Å². The van der Waals surface area contributed by atoms with Gasteiger partial charge < -0.3 is 10.0 Å². The van der Waals surface area contributed by atoms with E-state index in [4.69, 9.17) is 5.11 Å². The minimum atomic E-state index is -0.864. The molecule has 1 unspecified atom stereocenters. The van der Waals surface area contributed by atoms with Crippen LogP contribution in [-0.4, -0.2) is 46.0 Å². The van der Waals surface area contributed by atoms with Gasteiger partial charge in [-0.3, -0.25) is 4.79 Å². The van der Waals surface area contributed by atoms with Crippen molar-refractivity contribution in [1.82, 2.24) is 4.90 Å². The Bertz CT molecular complexity index is 309. The molecule has 0 radical (unpaired) electrons. The van der Waals surface area contributed by atoms with Crippen molar-refractivity contribution in [3.63, 3.8) is 0 Å². The first kappa shape index (κ1) is 17.3. The van der Waals surface area contributed by atoms with E-state index in [9.17, 15) is 9.59 Å². The number of nitrogens with zero attached hydrogens (tertiary/aromatic N) is 1. The summed E-state index contributed by atoms with van der Waals surface area (Å²) in [5.41, 5.74) is 0. The molecule has 20 heavy (non-hydrogen) atoms. The Morgan fingerprint density at radius 3 is 2.65 bits per heavy atom. The predicted octanol–water partition coefficient (Wildman–Crippen LogP) is 3.16. The number of carbonyl (C=O) groups excluding carboxylic acids is 1. The maximum atomic E-state index is 11.6. The fourth-order valence-corrected chi connectivity index (χ4v) is 3.46. The molecule has 0 aliphatic carbocycles. The highest BCUT2D eigenvalue weighted by Gasteiger charge is 2.35. The van der Waals surface area contributed by atoms with Crippen LogP contribution in [0.3, 0.4) is 0 Å². The second kappa shape index (κ2) is 10.1. The van der Waals surface area contributed by atoms with Crippen LogP contribution < -0.4 is 0 Å². The molecule has 1 saturated heterocycles. The van der Waals surface area contributed by atoms with Crippen molar-refractivity contribution in [3.8, 4) is 0 Å². The zero-order chi connectivity index (χ0) is 14.8. The molecule has 0 saturated carbocycles. The number of thioether (sulfide) groups is 1. The lowest BCUT2D eigenvalue weighted by molar-refractivity contribution is -0.146. The van der Waals surface area contributed by atoms with E-state index in [1.807, 2.05) is 11.8 Å². The monoisotopic (exact) mass is 301 g/mol. The first-order valence-corrected chi connectivity index (χ1v) is 8.92. The molecule has 1 amide bonds. The third-order valence-electron chi connectivity index (χ3n) is 3.73. The summed E-state index contributed by atoms with van der Waals surface area (Å²) in [5.74, 6) is 1.10. The molecule has 1 rings (SSSR count). The van der Waals surface area contributed by atoms with Crippen LogP contribution in [0.1, 0.15) is 58.3 Å². The highest BCUT2D eigenvalue weighted by molar-refractivity contribution is 7.99. The Morgan fingerprint density at radius 2 is 1.95 bits per heavy atom. The molecule has 0 aromatic heterocycles. The van der Waals surface area contributed by atoms with Crippen LogP contribution >= 0.6 is 11.8 Å². The highest BCUT2D eigenvalue weighted by Crippen LogP contribution is 2.19. The molecule has 1 N–H and O–H groups in total. The van der Waals surface area contributed by atoms with Gasteiger partial charge >= 0.3 is 5.97 Å². The van der Waals surface area contributed by atoms with E-state index < -0.39 is 12.0 Å². The summed E-state index contributed by atoms with van der Waals surface area (Å²) in [4.78, 5) is 24.2. The van der Waals surface area contributed by atoms with Gasteiger partial charge in [-0.05, 0) is 18.6 Å². The van der Waals surface area contributed by atoms with Gasteiger partial charge in [-0.1, -0.05) is 39.0 Å². The number of carbonyl (C=O) groups is 2. The summed E-state index contributed by atoms with van der Waals surface area (Å²) >= 11 is 1.83. The van der Waals surface area contributed by atoms with Gasteiger partial charge in [0.1, 0.15) is 6.04 Å². The molecule has 5 heteroatoms. The second-order valence-electron chi connectivity index (χ2n) is 5.36. The molecule has 0 aromatic carbocycles. The third kappa shape index (κ3) is 6.16. The maximum Gasteiger partial charge on any atom is 0.326 e. The number of hydrogen-bond donors (Lipinski definition) is 1. The molecule has 1 fully saturated rings. The van der Waals surface area contributed by atoms with Crippen molar-refractivity contribution in [2.45, 2.75) is 64.3 Å². The van der Waals surface area contributed by atoms with E-state index in [1.165, 1.54) is 43.4 Å². The Morgan fingerprint density at radius 1 is 1.25 bits per heavy atom. The Balaban J connectivity index is 2.03. The van der Waals surface area contributed by atoms with Crippen LogP contribution in [0, 0.1) is 0 Å². The molecule has 1 atom stereocenters. The molecule has 4 nitrogen and oxygen atoms in total. The van der Waals surface area contributed by atoms with E-state index in [-0.39, 0.29) is 5.91 Å². The van der Waals surface area contributed by atoms with Gasteiger partial charge in [-0.25, -0.2) is 4.79 Å². The first-order chi connectivity index (χ1) is 9.66. The Labute approximate surface area is 126 Å². The number of rotatable bonds is 11. The smallest absolute Gasteiger partial charge is 0.326 e. The van der Waals surface area contributed by atoms with Gasteiger partial charge in [-0.15, -0.1) is 0 Å². The lowest BCUT2D eigenvalue weighted by Crippen LogP contribution is -2.39. The number of carboxylic acids is 1. The number of hydrogen-bond acceptors (Lipinski definition) is 3. The van der Waals surface area contributed by atoms with Crippen molar-refractivity contribution in [3.05, 3.63) is 0 Å². The average molecular weight is 301 g/mol. The summed E-state index contributed by atoms with van der Waals surface area (Å²) < 4.78 is 0. The summed E-state index contributed by atoms with van der Waals surface area (Å²) in [6.45, 7) is 2.80. The molecule has 116 valence electrons. The number of carboxylic acid groups (broad SMARTS) is 1. The molecule has 1 aliphatic heterocycles. The third-order valence-corrected chi connectivity index (χ3v) is 4.78. The predicted molar refractivity (Wildman–Crippen MR) is 83.1 cm³/mol. The molecule has 1 aliphatic rings. The minimum Gasteiger partial charge on any atom is -0.480 e. The molecule has 1 heterocycles. The summed E-state index contributed by atoms with van der Waals surface area (Å²) in [5, 5.41) is 9.04. The van der Waals surface area contributed by atoms with Crippen molar-refractivity contribution in [2.75, 3.05) is 18.1 Å². The van der Waals surface area contributed by atoms with Gasteiger partial charge in [0, 0.05) is 18.7 Å². The number of amides is 1. The van der Waals surface area contributed by atoms with Gasteiger partial charge in [0.15, 0.2) is 0 Å². The minimum absolute atomic E-state index is 0.00225. The fourth-order valence-electron chi connectivity index (χ4n) is 2.52. The number of unbranched alkanes of at least 4 members (excludes halogenated alkanes) is 5. The second-order valence-corrected chi connectivity index (χ2v) is 6.58. The standard InChI is InChI=1S/C15H27NO3S/c1-2-3-4-5-6-7-11-20-12-10-16-13(15(18)19)8-9-14(16)17/h13H,2-12H2,1H3,(H,18,19). The van der Waals surface area contributed by atoms with Crippen molar-refractivity contribution in [1.29, 1.82) is 0 Å². The Kier molecular flexibility index (Phi) is 8.74. The van der Waals surface area contributed by atoms with Gasteiger partial charge in [-0.2, -0.15) is 11.8 Å². The first-order valence-electron chi connectivity index (χ1n) is 7.76. The zero-order valence-corrected chi connectivity index (χ0v) is 13.3. The van der Waals surface area contributed by atoms with E-state index in [2.05, 4.69) is 6.92 Å². The van der Waals surface area contributed by atoms with Crippen LogP contribution in [-0.2, 0) is 9.59 Å². The molecular formula is C15H27NO3S. The number of aliphatic carboxylic acids is 1. The molecule has 0 bridgehead atoms. The average Bonchev–Trinajstić information content (AvgIpc) is 2.78. The SMILES string of the molecule is CCCCCCCCSCCN1C(=O)CCC1C(=O)O. The lowest BCUT2D eigenvalue weighted by atomic mass is 10.1. The lowest BCUT2D eigenvalue weighted by Gasteiger charge is -2.21. The number of likely N-dealkylation sites (tertiary alicyclic amines) is 1. The van der Waals surface area contributed by atoms with E-state index >= 15 is 0 Å².